The molecule has 1 atom stereocenters. The topological polar surface area (TPSA) is 116 Å². The fourth-order valence-electron chi connectivity index (χ4n) is 3.58. The highest BCUT2D eigenvalue weighted by Crippen LogP contribution is 2.39. The van der Waals surface area contributed by atoms with Gasteiger partial charge in [-0.15, -0.1) is 11.3 Å². The monoisotopic (exact) mass is 427 g/mol. The Morgan fingerprint density at radius 3 is 3.00 bits per heavy atom. The first-order valence-corrected chi connectivity index (χ1v) is 10.5. The van der Waals surface area contributed by atoms with Crippen LogP contribution in [-0.4, -0.2) is 47.8 Å². The van der Waals surface area contributed by atoms with E-state index in [1.54, 1.807) is 12.1 Å². The summed E-state index contributed by atoms with van der Waals surface area (Å²) in [6, 6.07) is 3.96. The fraction of sp³-hybridized carbons (Fsp3) is 0.381. The Hall–Kier alpha value is -3.09. The lowest BCUT2D eigenvalue weighted by atomic mass is 9.88. The first-order valence-electron chi connectivity index (χ1n) is 9.69. The molecule has 3 heterocycles. The summed E-state index contributed by atoms with van der Waals surface area (Å²) in [6.45, 7) is 0.949. The van der Waals surface area contributed by atoms with Crippen molar-refractivity contribution in [1.29, 1.82) is 5.26 Å². The van der Waals surface area contributed by atoms with Gasteiger partial charge in [0, 0.05) is 16.5 Å². The van der Waals surface area contributed by atoms with Gasteiger partial charge in [-0.05, 0) is 42.9 Å². The number of furan rings is 1. The number of carbonyl (C=O) groups is 2. The van der Waals surface area contributed by atoms with Gasteiger partial charge in [0.2, 0.25) is 5.91 Å². The van der Waals surface area contributed by atoms with E-state index in [-0.39, 0.29) is 11.8 Å². The van der Waals surface area contributed by atoms with E-state index in [2.05, 4.69) is 11.4 Å². The number of aliphatic hydroxyl groups is 1. The molecule has 0 spiro atoms. The van der Waals surface area contributed by atoms with E-state index in [0.29, 0.717) is 43.1 Å². The first kappa shape index (κ1) is 20.2. The van der Waals surface area contributed by atoms with Crippen LogP contribution in [0.15, 0.2) is 29.1 Å². The number of nitrogens with one attached hydrogen (secondary N) is 1. The lowest BCUT2D eigenvalue weighted by Crippen LogP contribution is -2.53. The van der Waals surface area contributed by atoms with Gasteiger partial charge in [-0.3, -0.25) is 4.79 Å². The number of ether oxygens (including phenoxy) is 1. The normalized spacial score (nSPS) is 18.5. The molecule has 2 amide bonds. The molecule has 2 aromatic heterocycles. The van der Waals surface area contributed by atoms with E-state index in [0.717, 1.165) is 22.4 Å². The van der Waals surface area contributed by atoms with Crippen LogP contribution < -0.4 is 5.32 Å². The molecule has 1 saturated heterocycles. The minimum atomic E-state index is -0.450. The van der Waals surface area contributed by atoms with E-state index < -0.39 is 12.2 Å². The highest BCUT2D eigenvalue weighted by atomic mass is 32.1. The minimum Gasteiger partial charge on any atom is -0.472 e. The summed E-state index contributed by atoms with van der Waals surface area (Å²) in [4.78, 5) is 26.7. The lowest BCUT2D eigenvalue weighted by molar-refractivity contribution is -0.111. The molecule has 2 N–H and O–H groups in total. The molecule has 30 heavy (non-hydrogen) atoms. The van der Waals surface area contributed by atoms with Gasteiger partial charge >= 0.3 is 6.09 Å². The molecule has 8 nitrogen and oxygen atoms in total. The molecule has 0 aromatic carbocycles. The summed E-state index contributed by atoms with van der Waals surface area (Å²) in [5, 5.41) is 22.2. The molecule has 4 rings (SSSR count). The molecule has 1 aliphatic heterocycles. The van der Waals surface area contributed by atoms with E-state index in [1.807, 2.05) is 0 Å². The number of amides is 2. The Balaban J connectivity index is 1.36. The van der Waals surface area contributed by atoms with Crippen LogP contribution in [0.4, 0.5) is 9.80 Å². The maximum absolute atomic E-state index is 12.2. The highest BCUT2D eigenvalue weighted by Gasteiger charge is 2.31. The molecular formula is C21H21N3O5S. The van der Waals surface area contributed by atoms with Crippen LogP contribution in [0.3, 0.4) is 0 Å². The van der Waals surface area contributed by atoms with E-state index >= 15 is 0 Å². The predicted octanol–water partition coefficient (Wildman–Crippen LogP) is 2.78. The second-order valence-electron chi connectivity index (χ2n) is 7.44. The van der Waals surface area contributed by atoms with Crippen molar-refractivity contribution in [2.45, 2.75) is 25.4 Å². The lowest BCUT2D eigenvalue weighted by Gasteiger charge is -2.35. The summed E-state index contributed by atoms with van der Waals surface area (Å²) in [7, 11) is 0. The number of carbonyl (C=O) groups excluding carboxylic acids is 2. The Morgan fingerprint density at radius 1 is 1.47 bits per heavy atom. The average molecular weight is 427 g/mol. The van der Waals surface area contributed by atoms with Crippen molar-refractivity contribution in [2.75, 3.05) is 25.0 Å². The third-order valence-corrected chi connectivity index (χ3v) is 6.42. The smallest absolute Gasteiger partial charge is 0.409 e. The molecule has 1 fully saturated rings. The van der Waals surface area contributed by atoms with Gasteiger partial charge in [0.05, 0.1) is 43.9 Å². The number of rotatable bonds is 5. The van der Waals surface area contributed by atoms with Crippen molar-refractivity contribution >= 4 is 34.4 Å². The number of nitrogens with zero attached hydrogens (tertiary/aromatic N) is 2. The number of hydrogen-bond acceptors (Lipinski definition) is 7. The van der Waals surface area contributed by atoms with Gasteiger partial charge in [0.15, 0.2) is 0 Å². The van der Waals surface area contributed by atoms with Gasteiger partial charge in [-0.2, -0.15) is 5.26 Å². The van der Waals surface area contributed by atoms with Gasteiger partial charge in [0.1, 0.15) is 11.1 Å². The minimum absolute atomic E-state index is 0.169. The number of likely N-dealkylation sites (tertiary alicyclic amines) is 1. The second-order valence-corrected chi connectivity index (χ2v) is 8.55. The molecule has 1 unspecified atom stereocenters. The maximum Gasteiger partial charge on any atom is 0.409 e. The predicted molar refractivity (Wildman–Crippen MR) is 110 cm³/mol. The largest absolute Gasteiger partial charge is 0.472 e. The number of anilines is 1. The number of fused-ring (bicyclic) bond motifs is 1. The molecule has 2 aromatic rings. The third kappa shape index (κ3) is 4.40. The van der Waals surface area contributed by atoms with Crippen molar-refractivity contribution in [1.82, 2.24) is 4.90 Å². The molecule has 156 valence electrons. The van der Waals surface area contributed by atoms with Gasteiger partial charge < -0.3 is 24.5 Å². The molecule has 0 saturated carbocycles. The Morgan fingerprint density at radius 2 is 2.30 bits per heavy atom. The number of β-amino-alcohol motifs (C(OH)–C–C–N with tert-alkyl or cyclic N) is 1. The van der Waals surface area contributed by atoms with Crippen molar-refractivity contribution in [3.63, 3.8) is 0 Å². The number of nitriles is 1. The summed E-state index contributed by atoms with van der Waals surface area (Å²) < 4.78 is 10.3. The van der Waals surface area contributed by atoms with Crippen LogP contribution in [0.25, 0.3) is 6.08 Å². The number of aliphatic hydroxyl groups excluding tert-OH is 1. The standard InChI is InChI=1S/C21H21N3O5S/c22-8-17-16-3-1-14(12-29-21(27)24-9-15(25)10-24)7-18(16)30-20(17)23-19(26)4-2-13-5-6-28-11-13/h2,4-6,11,14-15,25H,1,3,7,9-10,12H2,(H,23,26). The van der Waals surface area contributed by atoms with E-state index in [4.69, 9.17) is 9.15 Å². The first-order chi connectivity index (χ1) is 14.5. The summed E-state index contributed by atoms with van der Waals surface area (Å²) >= 11 is 1.41. The Bertz CT molecular complexity index is 999. The fourth-order valence-corrected chi connectivity index (χ4v) is 4.90. The zero-order valence-electron chi connectivity index (χ0n) is 16.2. The van der Waals surface area contributed by atoms with Crippen molar-refractivity contribution in [2.24, 2.45) is 5.92 Å². The van der Waals surface area contributed by atoms with Crippen molar-refractivity contribution < 1.29 is 23.8 Å². The average Bonchev–Trinajstić information content (AvgIpc) is 3.34. The summed E-state index contributed by atoms with van der Waals surface area (Å²) in [6.07, 6.45) is 7.47. The molecular weight excluding hydrogens is 406 g/mol. The number of hydrogen-bond donors (Lipinski definition) is 2. The Kier molecular flexibility index (Phi) is 5.88. The molecule has 2 aliphatic rings. The van der Waals surface area contributed by atoms with Gasteiger partial charge in [-0.25, -0.2) is 4.79 Å². The van der Waals surface area contributed by atoms with Crippen LogP contribution in [0.5, 0.6) is 0 Å². The Labute approximate surface area is 177 Å². The summed E-state index contributed by atoms with van der Waals surface area (Å²) in [5.74, 6) is -0.143. The molecule has 1 aliphatic carbocycles. The quantitative estimate of drug-likeness (QED) is 0.709. The summed E-state index contributed by atoms with van der Waals surface area (Å²) in [5.41, 5.74) is 2.27. The van der Waals surface area contributed by atoms with E-state index in [9.17, 15) is 20.0 Å². The van der Waals surface area contributed by atoms with Gasteiger partial charge in [0.25, 0.3) is 0 Å². The van der Waals surface area contributed by atoms with Crippen LogP contribution in [0.2, 0.25) is 0 Å². The zero-order chi connectivity index (χ0) is 21.1. The SMILES string of the molecule is N#Cc1c(NC(=O)C=Cc2ccoc2)sc2c1CCC(COC(=O)N1CC(O)C1)C2. The van der Waals surface area contributed by atoms with Crippen LogP contribution in [0.1, 0.15) is 28.0 Å². The van der Waals surface area contributed by atoms with Crippen LogP contribution in [-0.2, 0) is 22.4 Å². The van der Waals surface area contributed by atoms with Crippen LogP contribution in [0, 0.1) is 17.2 Å². The second kappa shape index (κ2) is 8.73. The van der Waals surface area contributed by atoms with Crippen molar-refractivity contribution in [3.8, 4) is 6.07 Å². The zero-order valence-corrected chi connectivity index (χ0v) is 17.0. The maximum atomic E-state index is 12.2. The van der Waals surface area contributed by atoms with E-state index in [1.165, 1.54) is 34.8 Å². The van der Waals surface area contributed by atoms with Crippen LogP contribution >= 0.6 is 11.3 Å². The van der Waals surface area contributed by atoms with Gasteiger partial charge in [-0.1, -0.05) is 0 Å². The van der Waals surface area contributed by atoms with Crippen molar-refractivity contribution in [3.05, 3.63) is 46.2 Å². The third-order valence-electron chi connectivity index (χ3n) is 5.25. The molecule has 0 radical (unpaired) electrons. The highest BCUT2D eigenvalue weighted by molar-refractivity contribution is 7.16. The molecule has 0 bridgehead atoms. The molecule has 9 heteroatoms. The number of thiophene rings is 1.